The second kappa shape index (κ2) is 6.06. The van der Waals surface area contributed by atoms with Crippen LogP contribution in [0.4, 0.5) is 5.69 Å². The maximum Gasteiger partial charge on any atom is 0.240 e. The topological polar surface area (TPSA) is 80.5 Å². The van der Waals surface area contributed by atoms with E-state index in [1.54, 1.807) is 12.1 Å². The predicted octanol–water partition coefficient (Wildman–Crippen LogP) is 1.30. The van der Waals surface area contributed by atoms with Crippen LogP contribution in [0.3, 0.4) is 0 Å². The fourth-order valence-electron chi connectivity index (χ4n) is 1.86. The van der Waals surface area contributed by atoms with Crippen molar-refractivity contribution in [2.75, 3.05) is 18.8 Å². The van der Waals surface area contributed by atoms with Gasteiger partial charge in [0.05, 0.1) is 10.6 Å². The van der Waals surface area contributed by atoms with Crippen molar-refractivity contribution in [2.45, 2.75) is 30.9 Å². The van der Waals surface area contributed by atoms with Gasteiger partial charge < -0.3 is 10.6 Å². The molecular weight excluding hydrogens is 264 g/mol. The first-order chi connectivity index (χ1) is 8.86. The first kappa shape index (κ1) is 15.5. The molecule has 1 aromatic carbocycles. The molecule has 0 aliphatic heterocycles. The maximum absolute atomic E-state index is 12.4. The van der Waals surface area contributed by atoms with E-state index in [2.05, 4.69) is 0 Å². The summed E-state index contributed by atoms with van der Waals surface area (Å²) in [7, 11) is -3.75. The van der Waals surface area contributed by atoms with Gasteiger partial charge in [-0.25, -0.2) is 8.42 Å². The van der Waals surface area contributed by atoms with Crippen molar-refractivity contribution in [3.05, 3.63) is 24.3 Å². The molecule has 0 spiro atoms. The highest BCUT2D eigenvalue weighted by Gasteiger charge is 2.33. The van der Waals surface area contributed by atoms with Crippen molar-refractivity contribution in [3.63, 3.8) is 0 Å². The van der Waals surface area contributed by atoms with Crippen LogP contribution in [0.25, 0.3) is 0 Å². The summed E-state index contributed by atoms with van der Waals surface area (Å²) >= 11 is 0. The van der Waals surface area contributed by atoms with Gasteiger partial charge in [-0.3, -0.25) is 4.79 Å². The van der Waals surface area contributed by atoms with Gasteiger partial charge in [0.1, 0.15) is 5.25 Å². The number of anilines is 1. The number of carbonyl (C=O) groups excluding carboxylic acids is 1. The van der Waals surface area contributed by atoms with Crippen LogP contribution < -0.4 is 5.73 Å². The van der Waals surface area contributed by atoms with Gasteiger partial charge in [-0.1, -0.05) is 12.1 Å². The number of amides is 1. The Labute approximate surface area is 114 Å². The molecular formula is C13H20N2O3S. The smallest absolute Gasteiger partial charge is 0.240 e. The molecule has 0 aliphatic rings. The van der Waals surface area contributed by atoms with Gasteiger partial charge in [-0.05, 0) is 32.9 Å². The van der Waals surface area contributed by atoms with E-state index in [1.165, 1.54) is 24.0 Å². The molecule has 1 amide bonds. The van der Waals surface area contributed by atoms with E-state index in [4.69, 9.17) is 5.73 Å². The summed E-state index contributed by atoms with van der Waals surface area (Å²) in [4.78, 5) is 13.7. The fourth-order valence-corrected chi connectivity index (χ4v) is 3.32. The minimum absolute atomic E-state index is 0.0167. The molecule has 0 radical (unpaired) electrons. The summed E-state index contributed by atoms with van der Waals surface area (Å²) in [6.07, 6.45) is 0. The van der Waals surface area contributed by atoms with E-state index in [1.807, 2.05) is 13.8 Å². The van der Waals surface area contributed by atoms with Gasteiger partial charge in [-0.15, -0.1) is 0 Å². The lowest BCUT2D eigenvalue weighted by Gasteiger charge is -2.23. The number of carbonyl (C=O) groups is 1. The Morgan fingerprint density at radius 2 is 1.79 bits per heavy atom. The second-order valence-electron chi connectivity index (χ2n) is 4.24. The van der Waals surface area contributed by atoms with Gasteiger partial charge in [0.25, 0.3) is 0 Å². The van der Waals surface area contributed by atoms with Gasteiger partial charge in [-0.2, -0.15) is 0 Å². The Bertz CT molecular complexity index is 551. The molecule has 2 N–H and O–H groups in total. The summed E-state index contributed by atoms with van der Waals surface area (Å²) in [5, 5.41) is -1.13. The highest BCUT2D eigenvalue weighted by Crippen LogP contribution is 2.23. The Morgan fingerprint density at radius 3 is 2.26 bits per heavy atom. The highest BCUT2D eigenvalue weighted by atomic mass is 32.2. The Morgan fingerprint density at radius 1 is 1.26 bits per heavy atom. The molecule has 106 valence electrons. The van der Waals surface area contributed by atoms with Crippen LogP contribution in [0.1, 0.15) is 20.8 Å². The second-order valence-corrected chi connectivity index (χ2v) is 6.47. The van der Waals surface area contributed by atoms with Crippen LogP contribution >= 0.6 is 0 Å². The summed E-state index contributed by atoms with van der Waals surface area (Å²) in [6, 6.07) is 6.20. The molecule has 1 atom stereocenters. The van der Waals surface area contributed by atoms with Crippen molar-refractivity contribution in [1.29, 1.82) is 0 Å². The van der Waals surface area contributed by atoms with Gasteiger partial charge in [0.15, 0.2) is 9.84 Å². The van der Waals surface area contributed by atoms with E-state index in [-0.39, 0.29) is 10.6 Å². The molecule has 0 fully saturated rings. The molecule has 1 rings (SSSR count). The first-order valence-corrected chi connectivity index (χ1v) is 7.78. The number of nitrogens with two attached hydrogens (primary N) is 1. The van der Waals surface area contributed by atoms with Crippen molar-refractivity contribution < 1.29 is 13.2 Å². The number of rotatable bonds is 5. The quantitative estimate of drug-likeness (QED) is 0.826. The zero-order chi connectivity index (χ0) is 14.6. The highest BCUT2D eigenvalue weighted by molar-refractivity contribution is 7.93. The molecule has 6 heteroatoms. The van der Waals surface area contributed by atoms with E-state index in [0.717, 1.165) is 0 Å². The van der Waals surface area contributed by atoms with Gasteiger partial charge >= 0.3 is 0 Å². The van der Waals surface area contributed by atoms with Crippen molar-refractivity contribution in [2.24, 2.45) is 0 Å². The molecule has 5 nitrogen and oxygen atoms in total. The predicted molar refractivity (Wildman–Crippen MR) is 75.4 cm³/mol. The zero-order valence-corrected chi connectivity index (χ0v) is 12.3. The lowest BCUT2D eigenvalue weighted by atomic mass is 10.3. The normalized spacial score (nSPS) is 13.0. The third kappa shape index (κ3) is 3.07. The minimum atomic E-state index is -3.75. The van der Waals surface area contributed by atoms with Gasteiger partial charge in [0.2, 0.25) is 5.91 Å². The molecule has 0 aliphatic carbocycles. The Kier molecular flexibility index (Phi) is 4.94. The van der Waals surface area contributed by atoms with Crippen molar-refractivity contribution in [3.8, 4) is 0 Å². The zero-order valence-electron chi connectivity index (χ0n) is 11.5. The maximum atomic E-state index is 12.4. The molecule has 0 heterocycles. The van der Waals surface area contributed by atoms with Crippen molar-refractivity contribution in [1.82, 2.24) is 4.90 Å². The first-order valence-electron chi connectivity index (χ1n) is 6.23. The largest absolute Gasteiger partial charge is 0.398 e. The number of para-hydroxylation sites is 1. The number of nitrogen functional groups attached to an aromatic ring is 1. The van der Waals surface area contributed by atoms with E-state index in [9.17, 15) is 13.2 Å². The molecule has 1 unspecified atom stereocenters. The van der Waals surface area contributed by atoms with E-state index in [0.29, 0.717) is 13.1 Å². The van der Waals surface area contributed by atoms with Crippen LogP contribution in [0.5, 0.6) is 0 Å². The SMILES string of the molecule is CCN(CC)C(=O)C(C)S(=O)(=O)c1ccccc1N. The van der Waals surface area contributed by atoms with Gasteiger partial charge in [0, 0.05) is 13.1 Å². The fraction of sp³-hybridized carbons (Fsp3) is 0.462. The number of nitrogens with zero attached hydrogens (tertiary/aromatic N) is 1. The van der Waals surface area contributed by atoms with E-state index < -0.39 is 21.0 Å². The molecule has 1 aromatic rings. The average molecular weight is 284 g/mol. The van der Waals surface area contributed by atoms with Crippen LogP contribution in [0.15, 0.2) is 29.2 Å². The molecule has 19 heavy (non-hydrogen) atoms. The lowest BCUT2D eigenvalue weighted by molar-refractivity contribution is -0.130. The summed E-state index contributed by atoms with van der Waals surface area (Å²) in [6.45, 7) is 6.01. The molecule has 0 bridgehead atoms. The number of hydrogen-bond acceptors (Lipinski definition) is 4. The standard InChI is InChI=1S/C13H20N2O3S/c1-4-15(5-2)13(16)10(3)19(17,18)12-9-7-6-8-11(12)14/h6-10H,4-5,14H2,1-3H3. The number of hydrogen-bond donors (Lipinski definition) is 1. The minimum Gasteiger partial charge on any atom is -0.398 e. The molecule has 0 saturated heterocycles. The molecule has 0 aromatic heterocycles. The number of sulfone groups is 1. The lowest BCUT2D eigenvalue weighted by Crippen LogP contribution is -2.41. The Balaban J connectivity index is 3.14. The average Bonchev–Trinajstić information content (AvgIpc) is 2.39. The molecule has 0 saturated carbocycles. The Hall–Kier alpha value is -1.56. The van der Waals surface area contributed by atoms with Crippen molar-refractivity contribution >= 4 is 21.4 Å². The van der Waals surface area contributed by atoms with Crippen LogP contribution in [0, 0.1) is 0 Å². The summed E-state index contributed by atoms with van der Waals surface area (Å²) in [5.74, 6) is -0.395. The van der Waals surface area contributed by atoms with E-state index >= 15 is 0 Å². The van der Waals surface area contributed by atoms with Crippen LogP contribution in [0.2, 0.25) is 0 Å². The van der Waals surface area contributed by atoms with Crippen LogP contribution in [-0.2, 0) is 14.6 Å². The van der Waals surface area contributed by atoms with Crippen LogP contribution in [-0.4, -0.2) is 37.6 Å². The number of benzene rings is 1. The third-order valence-electron chi connectivity index (χ3n) is 3.11. The summed E-state index contributed by atoms with van der Waals surface area (Å²) < 4.78 is 24.8. The summed E-state index contributed by atoms with van der Waals surface area (Å²) in [5.41, 5.74) is 5.85. The monoisotopic (exact) mass is 284 g/mol. The third-order valence-corrected chi connectivity index (χ3v) is 5.23.